The fourth-order valence-electron chi connectivity index (χ4n) is 1.69. The van der Waals surface area contributed by atoms with Crippen LogP contribution in [0.2, 0.25) is 0 Å². The fourth-order valence-corrected chi connectivity index (χ4v) is 1.69. The summed E-state index contributed by atoms with van der Waals surface area (Å²) in [6.45, 7) is 2.98. The molecule has 0 bridgehead atoms. The Morgan fingerprint density at radius 1 is 1.39 bits per heavy atom. The molecule has 3 heteroatoms. The zero-order valence-corrected chi connectivity index (χ0v) is 11.0. The zero-order chi connectivity index (χ0) is 13.4. The number of nitrogens with zero attached hydrogens (tertiary/aromatic N) is 1. The van der Waals surface area contributed by atoms with E-state index >= 15 is 0 Å². The highest BCUT2D eigenvalue weighted by Crippen LogP contribution is 2.13. The molecule has 0 aromatic heterocycles. The largest absolute Gasteiger partial charge is 0.497 e. The predicted molar refractivity (Wildman–Crippen MR) is 72.4 cm³/mol. The Kier molecular flexibility index (Phi) is 5.79. The summed E-state index contributed by atoms with van der Waals surface area (Å²) in [5.41, 5.74) is 1.13. The molecule has 0 atom stereocenters. The van der Waals surface area contributed by atoms with Gasteiger partial charge in [0.05, 0.1) is 13.7 Å². The van der Waals surface area contributed by atoms with Crippen molar-refractivity contribution in [1.29, 1.82) is 0 Å². The fraction of sp³-hybridized carbons (Fsp3) is 0.400. The Morgan fingerprint density at radius 2 is 2.06 bits per heavy atom. The number of carbonyl (C=O) groups is 1. The van der Waals surface area contributed by atoms with Gasteiger partial charge in [-0.25, -0.2) is 0 Å². The van der Waals surface area contributed by atoms with Crippen LogP contribution < -0.4 is 4.74 Å². The van der Waals surface area contributed by atoms with Gasteiger partial charge in [0.15, 0.2) is 0 Å². The highest BCUT2D eigenvalue weighted by molar-refractivity contribution is 5.76. The van der Waals surface area contributed by atoms with E-state index in [1.54, 1.807) is 12.0 Å². The molecule has 0 fully saturated rings. The van der Waals surface area contributed by atoms with Gasteiger partial charge in [0, 0.05) is 13.0 Å². The molecule has 0 heterocycles. The third-order valence-electron chi connectivity index (χ3n) is 2.80. The van der Waals surface area contributed by atoms with E-state index in [9.17, 15) is 4.79 Å². The van der Waals surface area contributed by atoms with Crippen LogP contribution in [0.5, 0.6) is 5.75 Å². The summed E-state index contributed by atoms with van der Waals surface area (Å²) >= 11 is 0. The van der Waals surface area contributed by atoms with Gasteiger partial charge in [-0.15, -0.1) is 6.42 Å². The second-order valence-corrected chi connectivity index (χ2v) is 3.96. The van der Waals surface area contributed by atoms with E-state index in [1.807, 2.05) is 31.2 Å². The maximum atomic E-state index is 11.9. The average molecular weight is 245 g/mol. The molecule has 96 valence electrons. The van der Waals surface area contributed by atoms with Gasteiger partial charge in [0.25, 0.3) is 0 Å². The lowest BCUT2D eigenvalue weighted by molar-refractivity contribution is -0.130. The summed E-state index contributed by atoms with van der Waals surface area (Å²) in [4.78, 5) is 13.6. The second-order valence-electron chi connectivity index (χ2n) is 3.96. The standard InChI is InChI=1S/C15H19NO2/c1-4-12-16(5-2)15(17)11-8-13-6-9-14(18-3)10-7-13/h1,6-7,9-10H,5,8,11-12H2,2-3H3. The van der Waals surface area contributed by atoms with Gasteiger partial charge in [0.1, 0.15) is 5.75 Å². The van der Waals surface area contributed by atoms with Crippen LogP contribution in [-0.2, 0) is 11.2 Å². The molecule has 1 aromatic rings. The second kappa shape index (κ2) is 7.39. The van der Waals surface area contributed by atoms with E-state index in [-0.39, 0.29) is 5.91 Å². The summed E-state index contributed by atoms with van der Waals surface area (Å²) in [6.07, 6.45) is 6.44. The van der Waals surface area contributed by atoms with Gasteiger partial charge in [0.2, 0.25) is 5.91 Å². The van der Waals surface area contributed by atoms with Crippen LogP contribution >= 0.6 is 0 Å². The molecule has 0 saturated carbocycles. The quantitative estimate of drug-likeness (QED) is 0.718. The number of ether oxygens (including phenoxy) is 1. The molecule has 1 aromatic carbocycles. The molecule has 0 unspecified atom stereocenters. The highest BCUT2D eigenvalue weighted by Gasteiger charge is 2.09. The number of amides is 1. The van der Waals surface area contributed by atoms with Gasteiger partial charge in [-0.05, 0) is 31.0 Å². The highest BCUT2D eigenvalue weighted by atomic mass is 16.5. The summed E-state index contributed by atoms with van der Waals surface area (Å²) in [6, 6.07) is 7.75. The molecule has 0 aliphatic rings. The molecule has 0 saturated heterocycles. The number of aryl methyl sites for hydroxylation is 1. The Morgan fingerprint density at radius 3 is 2.56 bits per heavy atom. The number of methoxy groups -OCH3 is 1. The van der Waals surface area contributed by atoms with Gasteiger partial charge in [-0.2, -0.15) is 0 Å². The first kappa shape index (κ1) is 14.1. The van der Waals surface area contributed by atoms with E-state index in [1.165, 1.54) is 0 Å². The zero-order valence-electron chi connectivity index (χ0n) is 11.0. The minimum absolute atomic E-state index is 0.103. The first-order valence-electron chi connectivity index (χ1n) is 6.05. The van der Waals surface area contributed by atoms with Gasteiger partial charge in [-0.1, -0.05) is 18.1 Å². The number of hydrogen-bond acceptors (Lipinski definition) is 2. The van der Waals surface area contributed by atoms with Crippen LogP contribution in [0.3, 0.4) is 0 Å². The van der Waals surface area contributed by atoms with Crippen molar-refractivity contribution in [3.63, 3.8) is 0 Å². The third kappa shape index (κ3) is 4.14. The Balaban J connectivity index is 2.48. The van der Waals surface area contributed by atoms with E-state index < -0.39 is 0 Å². The van der Waals surface area contributed by atoms with Crippen LogP contribution in [-0.4, -0.2) is 31.0 Å². The summed E-state index contributed by atoms with van der Waals surface area (Å²) in [5.74, 6) is 3.43. The molecule has 18 heavy (non-hydrogen) atoms. The Labute approximate surface area is 109 Å². The smallest absolute Gasteiger partial charge is 0.223 e. The first-order chi connectivity index (χ1) is 8.71. The first-order valence-corrected chi connectivity index (χ1v) is 6.05. The summed E-state index contributed by atoms with van der Waals surface area (Å²) in [7, 11) is 1.64. The van der Waals surface area contributed by atoms with Gasteiger partial charge in [-0.3, -0.25) is 4.79 Å². The normalized spacial score (nSPS) is 9.61. The summed E-state index contributed by atoms with van der Waals surface area (Å²) < 4.78 is 5.09. The van der Waals surface area contributed by atoms with Crippen molar-refractivity contribution in [2.45, 2.75) is 19.8 Å². The molecule has 0 N–H and O–H groups in total. The topological polar surface area (TPSA) is 29.5 Å². The molecule has 1 amide bonds. The lowest BCUT2D eigenvalue weighted by Gasteiger charge is -2.17. The minimum atomic E-state index is 0.103. The maximum Gasteiger partial charge on any atom is 0.223 e. The van der Waals surface area contributed by atoms with E-state index in [2.05, 4.69) is 5.92 Å². The number of terminal acetylenes is 1. The molecular formula is C15H19NO2. The molecule has 0 aliphatic heterocycles. The molecule has 0 aliphatic carbocycles. The van der Waals surface area contributed by atoms with Gasteiger partial charge < -0.3 is 9.64 Å². The molecule has 0 radical (unpaired) electrons. The van der Waals surface area contributed by atoms with Crippen LogP contribution in [0, 0.1) is 12.3 Å². The number of rotatable bonds is 6. The SMILES string of the molecule is C#CCN(CC)C(=O)CCc1ccc(OC)cc1. The Bertz CT molecular complexity index is 417. The molecular weight excluding hydrogens is 226 g/mol. The monoisotopic (exact) mass is 245 g/mol. The lowest BCUT2D eigenvalue weighted by Crippen LogP contribution is -2.31. The molecule has 1 rings (SSSR count). The lowest BCUT2D eigenvalue weighted by atomic mass is 10.1. The van der Waals surface area contributed by atoms with Gasteiger partial charge >= 0.3 is 0 Å². The van der Waals surface area contributed by atoms with Crippen LogP contribution in [0.25, 0.3) is 0 Å². The Hall–Kier alpha value is -1.95. The number of hydrogen-bond donors (Lipinski definition) is 0. The van der Waals surface area contributed by atoms with Crippen molar-refractivity contribution >= 4 is 5.91 Å². The van der Waals surface area contributed by atoms with Crippen LogP contribution in [0.1, 0.15) is 18.9 Å². The predicted octanol–water partition coefficient (Wildman–Crippen LogP) is 2.11. The van der Waals surface area contributed by atoms with E-state index in [0.717, 1.165) is 17.7 Å². The minimum Gasteiger partial charge on any atom is -0.497 e. The van der Waals surface area contributed by atoms with Crippen molar-refractivity contribution in [1.82, 2.24) is 4.90 Å². The molecule has 3 nitrogen and oxygen atoms in total. The third-order valence-corrected chi connectivity index (χ3v) is 2.80. The van der Waals surface area contributed by atoms with Crippen molar-refractivity contribution in [3.05, 3.63) is 29.8 Å². The maximum absolute atomic E-state index is 11.9. The van der Waals surface area contributed by atoms with Crippen LogP contribution in [0.15, 0.2) is 24.3 Å². The van der Waals surface area contributed by atoms with Crippen molar-refractivity contribution in [2.24, 2.45) is 0 Å². The summed E-state index contributed by atoms with van der Waals surface area (Å²) in [5, 5.41) is 0. The average Bonchev–Trinajstić information content (AvgIpc) is 2.42. The van der Waals surface area contributed by atoms with Crippen molar-refractivity contribution < 1.29 is 9.53 Å². The van der Waals surface area contributed by atoms with Crippen LogP contribution in [0.4, 0.5) is 0 Å². The number of benzene rings is 1. The van der Waals surface area contributed by atoms with Crippen molar-refractivity contribution in [3.8, 4) is 18.1 Å². The van der Waals surface area contributed by atoms with Crippen molar-refractivity contribution in [2.75, 3.05) is 20.2 Å². The molecule has 0 spiro atoms. The van der Waals surface area contributed by atoms with E-state index in [4.69, 9.17) is 11.2 Å². The number of carbonyl (C=O) groups excluding carboxylic acids is 1. The van der Waals surface area contributed by atoms with E-state index in [0.29, 0.717) is 19.5 Å².